The Labute approximate surface area is 167 Å². The van der Waals surface area contributed by atoms with Gasteiger partial charge in [0.25, 0.3) is 0 Å². The third-order valence-electron chi connectivity index (χ3n) is 5.42. The van der Waals surface area contributed by atoms with Gasteiger partial charge in [0, 0.05) is 23.9 Å². The molecule has 0 spiro atoms. The summed E-state index contributed by atoms with van der Waals surface area (Å²) in [4.78, 5) is 2.16. The van der Waals surface area contributed by atoms with Gasteiger partial charge in [-0.3, -0.25) is 0 Å². The zero-order valence-electron chi connectivity index (χ0n) is 16.3. The van der Waals surface area contributed by atoms with Gasteiger partial charge in [0.2, 0.25) is 0 Å². The number of rotatable bonds is 6. The number of hydrogen-bond acceptors (Lipinski definition) is 3. The highest BCUT2D eigenvalue weighted by Crippen LogP contribution is 2.44. The first-order chi connectivity index (χ1) is 12.9. The highest BCUT2D eigenvalue weighted by molar-refractivity contribution is 6.30. The first kappa shape index (κ1) is 19.9. The van der Waals surface area contributed by atoms with Crippen molar-refractivity contribution in [2.45, 2.75) is 24.9 Å². The second-order valence-electron chi connectivity index (χ2n) is 7.67. The van der Waals surface area contributed by atoms with E-state index in [1.54, 1.807) is 7.11 Å². The second kappa shape index (κ2) is 8.47. The van der Waals surface area contributed by atoms with Gasteiger partial charge in [-0.05, 0) is 67.9 Å². The van der Waals surface area contributed by atoms with E-state index in [1.165, 1.54) is 0 Å². The van der Waals surface area contributed by atoms with Crippen LogP contribution in [0.4, 0.5) is 0 Å². The molecule has 1 aliphatic carbocycles. The van der Waals surface area contributed by atoms with Gasteiger partial charge in [-0.15, -0.1) is 0 Å². The molecule has 27 heavy (non-hydrogen) atoms. The van der Waals surface area contributed by atoms with E-state index in [4.69, 9.17) is 16.3 Å². The maximum atomic E-state index is 11.8. The molecule has 144 valence electrons. The maximum Gasteiger partial charge on any atom is 0.118 e. The lowest BCUT2D eigenvalue weighted by molar-refractivity contribution is 0.0257. The van der Waals surface area contributed by atoms with E-state index in [0.717, 1.165) is 46.9 Å². The zero-order valence-corrected chi connectivity index (χ0v) is 17.0. The van der Waals surface area contributed by atoms with Gasteiger partial charge in [-0.1, -0.05) is 41.9 Å². The highest BCUT2D eigenvalue weighted by atomic mass is 35.5. The fourth-order valence-electron chi connectivity index (χ4n) is 4.00. The molecule has 0 heterocycles. The Balaban J connectivity index is 1.92. The van der Waals surface area contributed by atoms with Crippen molar-refractivity contribution in [1.29, 1.82) is 0 Å². The molecule has 1 fully saturated rings. The van der Waals surface area contributed by atoms with Crippen molar-refractivity contribution >= 4 is 17.7 Å². The van der Waals surface area contributed by atoms with Crippen molar-refractivity contribution in [2.75, 3.05) is 27.7 Å². The summed E-state index contributed by atoms with van der Waals surface area (Å²) in [7, 11) is 5.79. The number of nitrogens with zero attached hydrogens (tertiary/aromatic N) is 1. The Morgan fingerprint density at radius 1 is 1.15 bits per heavy atom. The normalized spacial score (nSPS) is 23.9. The molecule has 1 saturated carbocycles. The summed E-state index contributed by atoms with van der Waals surface area (Å²) < 4.78 is 5.24. The fraction of sp³-hybridized carbons (Fsp3) is 0.391. The lowest BCUT2D eigenvalue weighted by atomic mass is 9.81. The minimum atomic E-state index is -0.849. The minimum Gasteiger partial charge on any atom is -0.497 e. The molecule has 2 atom stereocenters. The van der Waals surface area contributed by atoms with E-state index in [-0.39, 0.29) is 5.92 Å². The summed E-state index contributed by atoms with van der Waals surface area (Å²) in [6, 6.07) is 15.8. The number of hydrogen-bond donors (Lipinski definition) is 1. The highest BCUT2D eigenvalue weighted by Gasteiger charge is 2.45. The van der Waals surface area contributed by atoms with Crippen LogP contribution in [0.1, 0.15) is 24.0 Å². The first-order valence-electron chi connectivity index (χ1n) is 9.37. The van der Waals surface area contributed by atoms with Crippen LogP contribution in [0.2, 0.25) is 5.02 Å². The third kappa shape index (κ3) is 4.73. The SMILES string of the molecule is COc1ccc(/C=C2\CCC(CN(C)C)C2(O)Cc2ccc(Cl)cc2)cc1. The lowest BCUT2D eigenvalue weighted by Crippen LogP contribution is -2.42. The summed E-state index contributed by atoms with van der Waals surface area (Å²) in [5.41, 5.74) is 2.45. The van der Waals surface area contributed by atoms with E-state index in [0.29, 0.717) is 6.42 Å². The predicted molar refractivity (Wildman–Crippen MR) is 112 cm³/mol. The molecule has 2 aromatic rings. The van der Waals surface area contributed by atoms with Gasteiger partial charge < -0.3 is 14.7 Å². The summed E-state index contributed by atoms with van der Waals surface area (Å²) in [5.74, 6) is 1.04. The van der Waals surface area contributed by atoms with Gasteiger partial charge >= 0.3 is 0 Å². The Bertz CT molecular complexity index is 783. The zero-order chi connectivity index (χ0) is 19.4. The quantitative estimate of drug-likeness (QED) is 0.783. The molecule has 0 amide bonds. The summed E-state index contributed by atoms with van der Waals surface area (Å²) in [6.45, 7) is 0.865. The van der Waals surface area contributed by atoms with Gasteiger partial charge in [-0.2, -0.15) is 0 Å². The molecule has 3 rings (SSSR count). The number of methoxy groups -OCH3 is 1. The van der Waals surface area contributed by atoms with E-state index >= 15 is 0 Å². The van der Waals surface area contributed by atoms with Crippen LogP contribution in [0.5, 0.6) is 5.75 Å². The molecule has 1 aliphatic rings. The fourth-order valence-corrected chi connectivity index (χ4v) is 4.13. The lowest BCUT2D eigenvalue weighted by Gasteiger charge is -2.33. The van der Waals surface area contributed by atoms with Gasteiger partial charge in [0.15, 0.2) is 0 Å². The molecule has 0 bridgehead atoms. The third-order valence-corrected chi connectivity index (χ3v) is 5.67. The van der Waals surface area contributed by atoms with Crippen LogP contribution < -0.4 is 4.74 Å². The summed E-state index contributed by atoms with van der Waals surface area (Å²) in [6.07, 6.45) is 4.65. The van der Waals surface area contributed by atoms with Crippen LogP contribution in [0.25, 0.3) is 6.08 Å². The van der Waals surface area contributed by atoms with Crippen molar-refractivity contribution in [2.24, 2.45) is 5.92 Å². The average Bonchev–Trinajstić information content (AvgIpc) is 2.93. The first-order valence-corrected chi connectivity index (χ1v) is 9.75. The predicted octanol–water partition coefficient (Wildman–Crippen LogP) is 4.68. The number of halogens is 1. The van der Waals surface area contributed by atoms with Gasteiger partial charge in [0.1, 0.15) is 5.75 Å². The van der Waals surface area contributed by atoms with Crippen LogP contribution in [-0.2, 0) is 6.42 Å². The van der Waals surface area contributed by atoms with Crippen LogP contribution in [0.3, 0.4) is 0 Å². The molecule has 1 N–H and O–H groups in total. The minimum absolute atomic E-state index is 0.202. The Kier molecular flexibility index (Phi) is 6.25. The summed E-state index contributed by atoms with van der Waals surface area (Å²) >= 11 is 6.03. The average molecular weight is 386 g/mol. The molecule has 0 aromatic heterocycles. The van der Waals surface area contributed by atoms with Gasteiger partial charge in [-0.25, -0.2) is 0 Å². The van der Waals surface area contributed by atoms with Crippen LogP contribution in [0.15, 0.2) is 54.1 Å². The number of benzene rings is 2. The maximum absolute atomic E-state index is 11.8. The standard InChI is InChI=1S/C23H28ClNO2/c1-25(2)16-20-9-8-19(14-17-6-12-22(27-3)13-7-17)23(20,26)15-18-4-10-21(24)11-5-18/h4-7,10-14,20,26H,8-9,15-16H2,1-3H3/b19-14+. The van der Waals surface area contributed by atoms with Crippen molar-refractivity contribution in [3.8, 4) is 5.75 Å². The smallest absolute Gasteiger partial charge is 0.118 e. The summed E-state index contributed by atoms with van der Waals surface area (Å²) in [5, 5.41) is 12.5. The largest absolute Gasteiger partial charge is 0.497 e. The van der Waals surface area contributed by atoms with Crippen LogP contribution in [-0.4, -0.2) is 43.4 Å². The van der Waals surface area contributed by atoms with E-state index in [2.05, 4.69) is 25.1 Å². The molecule has 2 unspecified atom stereocenters. The van der Waals surface area contributed by atoms with Crippen LogP contribution in [0, 0.1) is 5.92 Å². The van der Waals surface area contributed by atoms with E-state index < -0.39 is 5.60 Å². The Morgan fingerprint density at radius 3 is 2.41 bits per heavy atom. The molecular weight excluding hydrogens is 358 g/mol. The van der Waals surface area contributed by atoms with E-state index in [1.807, 2.05) is 48.5 Å². The monoisotopic (exact) mass is 385 g/mol. The molecule has 0 aliphatic heterocycles. The number of aliphatic hydroxyl groups is 1. The van der Waals surface area contributed by atoms with Crippen molar-refractivity contribution < 1.29 is 9.84 Å². The molecular formula is C23H28ClNO2. The molecule has 3 nitrogen and oxygen atoms in total. The molecule has 0 radical (unpaired) electrons. The van der Waals surface area contributed by atoms with E-state index in [9.17, 15) is 5.11 Å². The molecule has 4 heteroatoms. The molecule has 2 aromatic carbocycles. The molecule has 0 saturated heterocycles. The topological polar surface area (TPSA) is 32.7 Å². The van der Waals surface area contributed by atoms with Gasteiger partial charge in [0.05, 0.1) is 12.7 Å². The van der Waals surface area contributed by atoms with Crippen molar-refractivity contribution in [3.05, 3.63) is 70.3 Å². The van der Waals surface area contributed by atoms with Crippen LogP contribution >= 0.6 is 11.6 Å². The number of ether oxygens (including phenoxy) is 1. The Morgan fingerprint density at radius 2 is 1.81 bits per heavy atom. The van der Waals surface area contributed by atoms with Crippen molar-refractivity contribution in [3.63, 3.8) is 0 Å². The second-order valence-corrected chi connectivity index (χ2v) is 8.10. The Hall–Kier alpha value is -1.81. The van der Waals surface area contributed by atoms with Crippen molar-refractivity contribution in [1.82, 2.24) is 4.90 Å².